The van der Waals surface area contributed by atoms with Crippen LogP contribution in [-0.2, 0) is 16.6 Å². The van der Waals surface area contributed by atoms with E-state index in [4.69, 9.17) is 0 Å². The van der Waals surface area contributed by atoms with Gasteiger partial charge >= 0.3 is 0 Å². The SMILES string of the molecule is CC(=O)/N=C1/CCC2(CCc3ccccc32)C1C(C)(C)C. The molecule has 1 fully saturated rings. The average Bonchev–Trinajstić information content (AvgIpc) is 2.92. The van der Waals surface area contributed by atoms with Gasteiger partial charge in [-0.05, 0) is 42.2 Å². The van der Waals surface area contributed by atoms with E-state index in [2.05, 4.69) is 50.0 Å². The largest absolute Gasteiger partial charge is 0.273 e. The molecule has 2 aliphatic rings. The number of hydrogen-bond acceptors (Lipinski definition) is 1. The number of aliphatic imine (C=N–C) groups is 1. The molecule has 0 aromatic heterocycles. The molecule has 0 aliphatic heterocycles. The average molecular weight is 283 g/mol. The quantitative estimate of drug-likeness (QED) is 0.697. The third-order valence-electron chi connectivity index (χ3n) is 5.27. The van der Waals surface area contributed by atoms with E-state index in [1.54, 1.807) is 6.92 Å². The third kappa shape index (κ3) is 2.25. The molecule has 0 N–H and O–H groups in total. The summed E-state index contributed by atoms with van der Waals surface area (Å²) in [6.07, 6.45) is 4.47. The Labute approximate surface area is 127 Å². The van der Waals surface area contributed by atoms with Gasteiger partial charge in [-0.3, -0.25) is 4.79 Å². The van der Waals surface area contributed by atoms with Crippen molar-refractivity contribution in [2.45, 2.75) is 58.8 Å². The van der Waals surface area contributed by atoms with Crippen molar-refractivity contribution in [1.29, 1.82) is 0 Å². The van der Waals surface area contributed by atoms with Gasteiger partial charge in [0.1, 0.15) is 0 Å². The highest BCUT2D eigenvalue weighted by molar-refractivity contribution is 5.99. The molecule has 2 atom stereocenters. The minimum Gasteiger partial charge on any atom is -0.273 e. The standard InChI is InChI=1S/C19H25NO/c1-13(21)20-16-10-12-19(17(16)18(2,3)4)11-9-14-7-5-6-8-15(14)19/h5-8,17H,9-12H2,1-4H3/b20-16-. The van der Waals surface area contributed by atoms with Gasteiger partial charge in [-0.1, -0.05) is 45.0 Å². The number of rotatable bonds is 0. The number of hydrogen-bond donors (Lipinski definition) is 0. The maximum Gasteiger partial charge on any atom is 0.242 e. The first-order chi connectivity index (χ1) is 9.84. The van der Waals surface area contributed by atoms with E-state index in [0.29, 0.717) is 5.92 Å². The number of carbonyl (C=O) groups is 1. The molecule has 1 aromatic carbocycles. The normalized spacial score (nSPS) is 30.1. The van der Waals surface area contributed by atoms with Crippen LogP contribution in [0.15, 0.2) is 29.3 Å². The second kappa shape index (κ2) is 4.79. The second-order valence-corrected chi connectivity index (χ2v) is 7.73. The zero-order valence-corrected chi connectivity index (χ0v) is 13.6. The molecule has 0 heterocycles. The molecule has 0 bridgehead atoms. The summed E-state index contributed by atoms with van der Waals surface area (Å²) in [4.78, 5) is 15.9. The molecule has 2 unspecified atom stereocenters. The number of fused-ring (bicyclic) bond motifs is 2. The summed E-state index contributed by atoms with van der Waals surface area (Å²) in [6.45, 7) is 8.45. The van der Waals surface area contributed by atoms with E-state index in [9.17, 15) is 4.79 Å². The van der Waals surface area contributed by atoms with Crippen molar-refractivity contribution in [1.82, 2.24) is 0 Å². The van der Waals surface area contributed by atoms with Crippen molar-refractivity contribution in [3.8, 4) is 0 Å². The summed E-state index contributed by atoms with van der Waals surface area (Å²) in [6, 6.07) is 8.87. The molecule has 1 spiro atoms. The van der Waals surface area contributed by atoms with Gasteiger partial charge in [-0.2, -0.15) is 0 Å². The Balaban J connectivity index is 2.14. The fourth-order valence-corrected chi connectivity index (χ4v) is 4.89. The monoisotopic (exact) mass is 283 g/mol. The topological polar surface area (TPSA) is 29.4 Å². The lowest BCUT2D eigenvalue weighted by Gasteiger charge is -2.41. The van der Waals surface area contributed by atoms with Gasteiger partial charge in [-0.25, -0.2) is 4.99 Å². The van der Waals surface area contributed by atoms with Crippen LogP contribution in [0.25, 0.3) is 0 Å². The smallest absolute Gasteiger partial charge is 0.242 e. The first-order valence-electron chi connectivity index (χ1n) is 8.01. The lowest BCUT2D eigenvalue weighted by Crippen LogP contribution is -2.40. The third-order valence-corrected chi connectivity index (χ3v) is 5.27. The Morgan fingerprint density at radius 1 is 1.19 bits per heavy atom. The van der Waals surface area contributed by atoms with Gasteiger partial charge in [0.2, 0.25) is 5.91 Å². The van der Waals surface area contributed by atoms with Crippen molar-refractivity contribution >= 4 is 11.6 Å². The molecule has 0 radical (unpaired) electrons. The highest BCUT2D eigenvalue weighted by atomic mass is 16.1. The maximum atomic E-state index is 11.5. The first kappa shape index (κ1) is 14.5. The number of nitrogens with zero attached hydrogens (tertiary/aromatic N) is 1. The fraction of sp³-hybridized carbons (Fsp3) is 0.579. The molecule has 2 aliphatic carbocycles. The molecule has 1 aromatic rings. The second-order valence-electron chi connectivity index (χ2n) is 7.73. The fourth-order valence-electron chi connectivity index (χ4n) is 4.89. The molecular formula is C19H25NO. The Hall–Kier alpha value is -1.44. The lowest BCUT2D eigenvalue weighted by atomic mass is 9.63. The van der Waals surface area contributed by atoms with E-state index in [0.717, 1.165) is 25.0 Å². The lowest BCUT2D eigenvalue weighted by molar-refractivity contribution is -0.115. The van der Waals surface area contributed by atoms with Gasteiger partial charge < -0.3 is 0 Å². The summed E-state index contributed by atoms with van der Waals surface area (Å²) < 4.78 is 0. The summed E-state index contributed by atoms with van der Waals surface area (Å²) in [5, 5.41) is 0. The van der Waals surface area contributed by atoms with Crippen LogP contribution in [0.5, 0.6) is 0 Å². The van der Waals surface area contributed by atoms with E-state index in [1.807, 2.05) is 0 Å². The van der Waals surface area contributed by atoms with Crippen molar-refractivity contribution in [3.63, 3.8) is 0 Å². The molecule has 1 amide bonds. The van der Waals surface area contributed by atoms with E-state index < -0.39 is 0 Å². The van der Waals surface area contributed by atoms with E-state index in [-0.39, 0.29) is 16.7 Å². The summed E-state index contributed by atoms with van der Waals surface area (Å²) in [5.74, 6) is 0.320. The first-order valence-corrected chi connectivity index (χ1v) is 8.01. The zero-order chi connectivity index (χ0) is 15.3. The highest BCUT2D eigenvalue weighted by Gasteiger charge is 2.54. The Morgan fingerprint density at radius 2 is 1.86 bits per heavy atom. The van der Waals surface area contributed by atoms with Gasteiger partial charge in [0.25, 0.3) is 0 Å². The van der Waals surface area contributed by atoms with Crippen LogP contribution in [0.1, 0.15) is 58.1 Å². The van der Waals surface area contributed by atoms with Crippen molar-refractivity contribution in [2.75, 3.05) is 0 Å². The minimum absolute atomic E-state index is 0.0532. The maximum absolute atomic E-state index is 11.5. The molecule has 112 valence electrons. The Morgan fingerprint density at radius 3 is 2.52 bits per heavy atom. The molecule has 3 rings (SSSR count). The number of amides is 1. The molecule has 0 saturated heterocycles. The Kier molecular flexibility index (Phi) is 3.31. The Bertz CT molecular complexity index is 608. The van der Waals surface area contributed by atoms with Gasteiger partial charge in [0, 0.05) is 24.0 Å². The highest BCUT2D eigenvalue weighted by Crippen LogP contribution is 2.57. The van der Waals surface area contributed by atoms with Gasteiger partial charge in [-0.15, -0.1) is 0 Å². The van der Waals surface area contributed by atoms with Gasteiger partial charge in [0.15, 0.2) is 0 Å². The molecule has 2 heteroatoms. The van der Waals surface area contributed by atoms with Crippen LogP contribution < -0.4 is 0 Å². The van der Waals surface area contributed by atoms with Crippen LogP contribution in [0.3, 0.4) is 0 Å². The van der Waals surface area contributed by atoms with Crippen LogP contribution in [-0.4, -0.2) is 11.6 Å². The molecule has 21 heavy (non-hydrogen) atoms. The van der Waals surface area contributed by atoms with Crippen LogP contribution in [0, 0.1) is 11.3 Å². The van der Waals surface area contributed by atoms with Gasteiger partial charge in [0.05, 0.1) is 0 Å². The van der Waals surface area contributed by atoms with Crippen LogP contribution in [0.2, 0.25) is 0 Å². The van der Waals surface area contributed by atoms with E-state index in [1.165, 1.54) is 17.5 Å². The number of carbonyl (C=O) groups excluding carboxylic acids is 1. The van der Waals surface area contributed by atoms with Crippen LogP contribution >= 0.6 is 0 Å². The number of aryl methyl sites for hydroxylation is 1. The van der Waals surface area contributed by atoms with Crippen molar-refractivity contribution in [3.05, 3.63) is 35.4 Å². The van der Waals surface area contributed by atoms with E-state index >= 15 is 0 Å². The molecule has 2 nitrogen and oxygen atoms in total. The van der Waals surface area contributed by atoms with Crippen molar-refractivity contribution < 1.29 is 4.79 Å². The molecule has 1 saturated carbocycles. The summed E-state index contributed by atoms with van der Waals surface area (Å²) in [7, 11) is 0. The predicted molar refractivity (Wildman–Crippen MR) is 86.7 cm³/mol. The molecular weight excluding hydrogens is 258 g/mol. The summed E-state index contributed by atoms with van der Waals surface area (Å²) >= 11 is 0. The van der Waals surface area contributed by atoms with Crippen molar-refractivity contribution in [2.24, 2.45) is 16.3 Å². The zero-order valence-electron chi connectivity index (χ0n) is 13.6. The predicted octanol–water partition coefficient (Wildman–Crippen LogP) is 4.31. The number of benzene rings is 1. The van der Waals surface area contributed by atoms with Crippen LogP contribution in [0.4, 0.5) is 0 Å². The minimum atomic E-state index is -0.0532. The summed E-state index contributed by atoms with van der Waals surface area (Å²) in [5.41, 5.74) is 4.46.